The normalized spacial score (nSPS) is 11.0. The summed E-state index contributed by atoms with van der Waals surface area (Å²) in [7, 11) is 0. The van der Waals surface area contributed by atoms with E-state index < -0.39 is 0 Å². The summed E-state index contributed by atoms with van der Waals surface area (Å²) in [6, 6.07) is 24.4. The lowest BCUT2D eigenvalue weighted by atomic mass is 10.1. The first-order valence-corrected chi connectivity index (χ1v) is 8.83. The van der Waals surface area contributed by atoms with Crippen molar-refractivity contribution in [1.82, 2.24) is 9.38 Å². The van der Waals surface area contributed by atoms with E-state index in [1.807, 2.05) is 66.1 Å². The fourth-order valence-electron chi connectivity index (χ4n) is 3.33. The molecule has 0 saturated carbocycles. The van der Waals surface area contributed by atoms with Crippen molar-refractivity contribution in [1.29, 1.82) is 0 Å². The molecule has 0 aliphatic carbocycles. The first kappa shape index (κ1) is 16.3. The molecular formula is C23H20N2O. The van der Waals surface area contributed by atoms with Gasteiger partial charge in [0.05, 0.1) is 5.69 Å². The number of pyridine rings is 1. The molecule has 3 nitrogen and oxygen atoms in total. The summed E-state index contributed by atoms with van der Waals surface area (Å²) in [6.45, 7) is 1.91. The van der Waals surface area contributed by atoms with Gasteiger partial charge in [-0.25, -0.2) is 4.98 Å². The molecule has 0 amide bonds. The second-order valence-electron chi connectivity index (χ2n) is 6.46. The van der Waals surface area contributed by atoms with Crippen molar-refractivity contribution in [3.63, 3.8) is 0 Å². The number of hydrogen-bond acceptors (Lipinski definition) is 2. The third-order valence-electron chi connectivity index (χ3n) is 4.66. The smallest absolute Gasteiger partial charge is 0.181 e. The number of ketones is 1. The molecule has 4 rings (SSSR count). The molecule has 2 aromatic heterocycles. The van der Waals surface area contributed by atoms with Crippen molar-refractivity contribution in [3.8, 4) is 11.1 Å². The summed E-state index contributed by atoms with van der Waals surface area (Å²) in [5, 5.41) is 0. The Morgan fingerprint density at radius 3 is 2.35 bits per heavy atom. The molecular weight excluding hydrogens is 320 g/mol. The highest BCUT2D eigenvalue weighted by molar-refractivity contribution is 5.96. The molecule has 26 heavy (non-hydrogen) atoms. The monoisotopic (exact) mass is 340 g/mol. The Labute approximate surface area is 153 Å². The average molecular weight is 340 g/mol. The van der Waals surface area contributed by atoms with Crippen LogP contribution in [0.5, 0.6) is 0 Å². The van der Waals surface area contributed by atoms with Gasteiger partial charge in [0.25, 0.3) is 0 Å². The van der Waals surface area contributed by atoms with Crippen LogP contribution in [0, 0.1) is 6.92 Å². The molecule has 2 heterocycles. The molecule has 0 aliphatic heterocycles. The number of aryl methyl sites for hydroxylation is 2. The van der Waals surface area contributed by atoms with Crippen molar-refractivity contribution in [3.05, 3.63) is 95.9 Å². The maximum absolute atomic E-state index is 12.8. The second kappa shape index (κ2) is 6.96. The van der Waals surface area contributed by atoms with Crippen molar-refractivity contribution >= 4 is 11.4 Å². The van der Waals surface area contributed by atoms with E-state index in [0.717, 1.165) is 28.9 Å². The van der Waals surface area contributed by atoms with E-state index in [2.05, 4.69) is 29.2 Å². The zero-order valence-corrected chi connectivity index (χ0v) is 14.7. The molecule has 128 valence electrons. The predicted octanol–water partition coefficient (Wildman–Crippen LogP) is 5.13. The first-order valence-electron chi connectivity index (χ1n) is 8.83. The average Bonchev–Trinajstić information content (AvgIpc) is 3.02. The molecule has 2 aromatic carbocycles. The van der Waals surface area contributed by atoms with Crippen LogP contribution in [-0.4, -0.2) is 15.2 Å². The van der Waals surface area contributed by atoms with E-state index in [1.165, 1.54) is 5.56 Å². The molecule has 0 aliphatic rings. The van der Waals surface area contributed by atoms with Gasteiger partial charge in [0.15, 0.2) is 5.78 Å². The summed E-state index contributed by atoms with van der Waals surface area (Å²) >= 11 is 0. The van der Waals surface area contributed by atoms with Gasteiger partial charge in [-0.1, -0.05) is 60.7 Å². The van der Waals surface area contributed by atoms with E-state index in [-0.39, 0.29) is 5.78 Å². The summed E-state index contributed by atoms with van der Waals surface area (Å²) in [4.78, 5) is 17.4. The van der Waals surface area contributed by atoms with Gasteiger partial charge in [-0.15, -0.1) is 0 Å². The Balaban J connectivity index is 1.63. The third kappa shape index (κ3) is 3.16. The molecule has 0 radical (unpaired) electrons. The fraction of sp³-hybridized carbons (Fsp3) is 0.130. The number of carbonyl (C=O) groups excluding carboxylic acids is 1. The predicted molar refractivity (Wildman–Crippen MR) is 104 cm³/mol. The standard InChI is InChI=1S/C23H20N2O/c1-17-23(21(26)13-12-18-8-4-2-5-9-18)25-15-14-20(16-22(25)24-17)19-10-6-3-7-11-19/h2-11,14-16H,12-13H2,1H3. The van der Waals surface area contributed by atoms with Gasteiger partial charge in [-0.05, 0) is 42.2 Å². The topological polar surface area (TPSA) is 34.4 Å². The quantitative estimate of drug-likeness (QED) is 0.472. The maximum atomic E-state index is 12.8. The Hall–Kier alpha value is -3.20. The van der Waals surface area contributed by atoms with Crippen LogP contribution in [0.15, 0.2) is 79.0 Å². The van der Waals surface area contributed by atoms with Crippen LogP contribution in [-0.2, 0) is 6.42 Å². The van der Waals surface area contributed by atoms with Gasteiger partial charge in [-0.3, -0.25) is 9.20 Å². The number of carbonyl (C=O) groups is 1. The van der Waals surface area contributed by atoms with E-state index in [0.29, 0.717) is 12.1 Å². The van der Waals surface area contributed by atoms with Gasteiger partial charge in [0, 0.05) is 12.6 Å². The van der Waals surface area contributed by atoms with Gasteiger partial charge in [0.1, 0.15) is 11.3 Å². The van der Waals surface area contributed by atoms with Gasteiger partial charge in [0.2, 0.25) is 0 Å². The molecule has 4 aromatic rings. The van der Waals surface area contributed by atoms with Crippen LogP contribution in [0.1, 0.15) is 28.2 Å². The molecule has 0 saturated heterocycles. The Kier molecular flexibility index (Phi) is 4.36. The van der Waals surface area contributed by atoms with Gasteiger partial charge in [-0.2, -0.15) is 0 Å². The minimum Gasteiger partial charge on any atom is -0.297 e. The highest BCUT2D eigenvalue weighted by atomic mass is 16.1. The van der Waals surface area contributed by atoms with Crippen molar-refractivity contribution in [2.24, 2.45) is 0 Å². The van der Waals surface area contributed by atoms with Crippen LogP contribution >= 0.6 is 0 Å². The number of fused-ring (bicyclic) bond motifs is 1. The number of hydrogen-bond donors (Lipinski definition) is 0. The Bertz CT molecular complexity index is 1050. The minimum atomic E-state index is 0.131. The van der Waals surface area contributed by atoms with E-state index >= 15 is 0 Å². The van der Waals surface area contributed by atoms with Crippen molar-refractivity contribution < 1.29 is 4.79 Å². The summed E-state index contributed by atoms with van der Waals surface area (Å²) in [5.41, 5.74) is 5.72. The molecule has 0 unspecified atom stereocenters. The number of imidazole rings is 1. The highest BCUT2D eigenvalue weighted by Gasteiger charge is 2.16. The lowest BCUT2D eigenvalue weighted by Gasteiger charge is -2.05. The number of aromatic nitrogens is 2. The number of nitrogens with zero attached hydrogens (tertiary/aromatic N) is 2. The van der Waals surface area contributed by atoms with Crippen LogP contribution in [0.4, 0.5) is 0 Å². The number of Topliss-reactive ketones (excluding diaryl/α,β-unsaturated/α-hetero) is 1. The van der Waals surface area contributed by atoms with Gasteiger partial charge >= 0.3 is 0 Å². The molecule has 0 N–H and O–H groups in total. The van der Waals surface area contributed by atoms with Gasteiger partial charge < -0.3 is 0 Å². The van der Waals surface area contributed by atoms with Crippen LogP contribution < -0.4 is 0 Å². The molecule has 3 heteroatoms. The zero-order chi connectivity index (χ0) is 17.9. The highest BCUT2D eigenvalue weighted by Crippen LogP contribution is 2.23. The van der Waals surface area contributed by atoms with E-state index in [4.69, 9.17) is 0 Å². The summed E-state index contributed by atoms with van der Waals surface area (Å²) in [5.74, 6) is 0.131. The minimum absolute atomic E-state index is 0.131. The third-order valence-corrected chi connectivity index (χ3v) is 4.66. The lowest BCUT2D eigenvalue weighted by Crippen LogP contribution is -2.06. The molecule has 0 fully saturated rings. The van der Waals surface area contributed by atoms with E-state index in [9.17, 15) is 4.79 Å². The SMILES string of the molecule is Cc1nc2cc(-c3ccccc3)ccn2c1C(=O)CCc1ccccc1. The van der Waals surface area contributed by atoms with Crippen LogP contribution in [0.25, 0.3) is 16.8 Å². The zero-order valence-electron chi connectivity index (χ0n) is 14.7. The number of rotatable bonds is 5. The fourth-order valence-corrected chi connectivity index (χ4v) is 3.33. The Morgan fingerprint density at radius 2 is 1.62 bits per heavy atom. The molecule has 0 spiro atoms. The Morgan fingerprint density at radius 1 is 0.923 bits per heavy atom. The van der Waals surface area contributed by atoms with E-state index in [1.54, 1.807) is 0 Å². The molecule has 0 atom stereocenters. The number of benzene rings is 2. The second-order valence-corrected chi connectivity index (χ2v) is 6.46. The van der Waals surface area contributed by atoms with Crippen molar-refractivity contribution in [2.75, 3.05) is 0 Å². The maximum Gasteiger partial charge on any atom is 0.181 e. The van der Waals surface area contributed by atoms with Crippen LogP contribution in [0.2, 0.25) is 0 Å². The largest absolute Gasteiger partial charge is 0.297 e. The van der Waals surface area contributed by atoms with Crippen molar-refractivity contribution in [2.45, 2.75) is 19.8 Å². The summed E-state index contributed by atoms with van der Waals surface area (Å²) in [6.07, 6.45) is 3.18. The lowest BCUT2D eigenvalue weighted by molar-refractivity contribution is 0.0976. The van der Waals surface area contributed by atoms with Crippen LogP contribution in [0.3, 0.4) is 0 Å². The summed E-state index contributed by atoms with van der Waals surface area (Å²) < 4.78 is 1.91. The first-order chi connectivity index (χ1) is 12.7. The molecule has 0 bridgehead atoms.